The first kappa shape index (κ1) is 13.5. The van der Waals surface area contributed by atoms with Crippen molar-refractivity contribution in [2.24, 2.45) is 0 Å². The summed E-state index contributed by atoms with van der Waals surface area (Å²) in [5.41, 5.74) is 1.56. The second kappa shape index (κ2) is 5.52. The molecule has 0 aliphatic carbocycles. The Balaban J connectivity index is 1.81. The molecular weight excluding hydrogens is 270 g/mol. The van der Waals surface area contributed by atoms with Gasteiger partial charge in [-0.15, -0.1) is 0 Å². The van der Waals surface area contributed by atoms with Gasteiger partial charge in [0, 0.05) is 12.6 Å². The van der Waals surface area contributed by atoms with Crippen LogP contribution in [0.1, 0.15) is 29.8 Å². The van der Waals surface area contributed by atoms with Gasteiger partial charge < -0.3 is 18.8 Å². The fraction of sp³-hybridized carbons (Fsp3) is 0.312. The van der Waals surface area contributed by atoms with Crippen LogP contribution >= 0.6 is 0 Å². The highest BCUT2D eigenvalue weighted by Gasteiger charge is 2.21. The highest BCUT2D eigenvalue weighted by Crippen LogP contribution is 2.33. The molecule has 0 unspecified atom stereocenters. The Morgan fingerprint density at radius 3 is 2.76 bits per heavy atom. The molecule has 1 aromatic heterocycles. The monoisotopic (exact) mass is 287 g/mol. The van der Waals surface area contributed by atoms with Crippen LogP contribution < -0.4 is 9.47 Å². The number of carbonyl (C=O) groups excluding carboxylic acids is 1. The van der Waals surface area contributed by atoms with Crippen molar-refractivity contribution in [1.29, 1.82) is 0 Å². The van der Waals surface area contributed by atoms with E-state index >= 15 is 0 Å². The van der Waals surface area contributed by atoms with Crippen molar-refractivity contribution in [2.45, 2.75) is 26.4 Å². The number of ether oxygens (including phenoxy) is 2. The smallest absolute Gasteiger partial charge is 0.257 e. The summed E-state index contributed by atoms with van der Waals surface area (Å²) in [4.78, 5) is 14.3. The molecular formula is C16H17NO4. The Morgan fingerprint density at radius 1 is 1.24 bits per heavy atom. The van der Waals surface area contributed by atoms with Crippen LogP contribution in [0, 0.1) is 0 Å². The van der Waals surface area contributed by atoms with Crippen molar-refractivity contribution in [2.75, 3.05) is 6.79 Å². The minimum absolute atomic E-state index is 0.0450. The second-order valence-corrected chi connectivity index (χ2v) is 5.23. The number of hydrogen-bond donors (Lipinski definition) is 0. The van der Waals surface area contributed by atoms with E-state index in [0.29, 0.717) is 12.1 Å². The zero-order valence-electron chi connectivity index (χ0n) is 12.0. The first-order valence-corrected chi connectivity index (χ1v) is 6.87. The van der Waals surface area contributed by atoms with E-state index in [1.54, 1.807) is 11.0 Å². The number of furan rings is 1. The van der Waals surface area contributed by atoms with Gasteiger partial charge in [-0.2, -0.15) is 0 Å². The Labute approximate surface area is 123 Å². The van der Waals surface area contributed by atoms with Crippen LogP contribution in [0.4, 0.5) is 0 Å². The molecule has 0 saturated heterocycles. The number of nitrogens with zero attached hydrogens (tertiary/aromatic N) is 1. The summed E-state index contributed by atoms with van der Waals surface area (Å²) in [5.74, 6) is 1.43. The molecule has 21 heavy (non-hydrogen) atoms. The molecule has 0 saturated carbocycles. The molecule has 5 nitrogen and oxygen atoms in total. The summed E-state index contributed by atoms with van der Waals surface area (Å²) in [6.07, 6.45) is 2.98. The zero-order chi connectivity index (χ0) is 14.8. The van der Waals surface area contributed by atoms with Crippen LogP contribution in [0.3, 0.4) is 0 Å². The first-order chi connectivity index (χ1) is 10.1. The number of fused-ring (bicyclic) bond motifs is 1. The predicted molar refractivity (Wildman–Crippen MR) is 76.3 cm³/mol. The van der Waals surface area contributed by atoms with Crippen LogP contribution in [-0.4, -0.2) is 23.6 Å². The molecule has 1 aliphatic rings. The number of hydrogen-bond acceptors (Lipinski definition) is 4. The quantitative estimate of drug-likeness (QED) is 0.867. The van der Waals surface area contributed by atoms with Gasteiger partial charge in [-0.25, -0.2) is 0 Å². The van der Waals surface area contributed by atoms with Crippen LogP contribution in [0.15, 0.2) is 41.2 Å². The fourth-order valence-electron chi connectivity index (χ4n) is 2.28. The third kappa shape index (κ3) is 2.72. The van der Waals surface area contributed by atoms with Crippen LogP contribution in [-0.2, 0) is 6.54 Å². The van der Waals surface area contributed by atoms with E-state index in [9.17, 15) is 4.79 Å². The summed E-state index contributed by atoms with van der Waals surface area (Å²) >= 11 is 0. The molecule has 1 amide bonds. The lowest BCUT2D eigenvalue weighted by Gasteiger charge is -2.26. The minimum Gasteiger partial charge on any atom is -0.472 e. The highest BCUT2D eigenvalue weighted by molar-refractivity contribution is 5.94. The summed E-state index contributed by atoms with van der Waals surface area (Å²) in [5, 5.41) is 0. The predicted octanol–water partition coefficient (Wildman–Crippen LogP) is 3.06. The van der Waals surface area contributed by atoms with E-state index in [1.165, 1.54) is 12.5 Å². The molecule has 0 bridgehead atoms. The van der Waals surface area contributed by atoms with Crippen molar-refractivity contribution < 1.29 is 18.7 Å². The van der Waals surface area contributed by atoms with Crippen LogP contribution in [0.25, 0.3) is 0 Å². The lowest BCUT2D eigenvalue weighted by atomic mass is 10.1. The average Bonchev–Trinajstić information content (AvgIpc) is 3.14. The molecule has 0 N–H and O–H groups in total. The van der Waals surface area contributed by atoms with E-state index < -0.39 is 0 Å². The first-order valence-electron chi connectivity index (χ1n) is 6.87. The molecule has 5 heteroatoms. The number of carbonyl (C=O) groups is 1. The molecule has 1 aromatic carbocycles. The topological polar surface area (TPSA) is 51.9 Å². The van der Waals surface area contributed by atoms with Gasteiger partial charge in [0.2, 0.25) is 6.79 Å². The molecule has 0 fully saturated rings. The van der Waals surface area contributed by atoms with Crippen LogP contribution in [0.5, 0.6) is 11.5 Å². The van der Waals surface area contributed by atoms with Crippen molar-refractivity contribution >= 4 is 5.91 Å². The largest absolute Gasteiger partial charge is 0.472 e. The third-order valence-corrected chi connectivity index (χ3v) is 3.44. The van der Waals surface area contributed by atoms with Gasteiger partial charge in [-0.05, 0) is 37.6 Å². The summed E-state index contributed by atoms with van der Waals surface area (Å²) in [6, 6.07) is 7.50. The van der Waals surface area contributed by atoms with Gasteiger partial charge >= 0.3 is 0 Å². The normalized spacial score (nSPS) is 12.7. The number of rotatable bonds is 4. The summed E-state index contributed by atoms with van der Waals surface area (Å²) < 4.78 is 15.7. The summed E-state index contributed by atoms with van der Waals surface area (Å²) in [7, 11) is 0. The van der Waals surface area contributed by atoms with Gasteiger partial charge in [-0.1, -0.05) is 6.07 Å². The van der Waals surface area contributed by atoms with E-state index in [0.717, 1.165) is 17.1 Å². The molecule has 2 aromatic rings. The van der Waals surface area contributed by atoms with Gasteiger partial charge in [0.1, 0.15) is 6.26 Å². The van der Waals surface area contributed by atoms with Crippen molar-refractivity contribution in [1.82, 2.24) is 4.90 Å². The van der Waals surface area contributed by atoms with E-state index in [2.05, 4.69) is 0 Å². The summed E-state index contributed by atoms with van der Waals surface area (Å²) in [6.45, 7) is 4.74. The molecule has 0 spiro atoms. The van der Waals surface area contributed by atoms with E-state index in [4.69, 9.17) is 13.9 Å². The standard InChI is InChI=1S/C16H17NO4/c1-11(2)17(16(18)13-5-6-19-9-13)8-12-3-4-14-15(7-12)21-10-20-14/h3-7,9,11H,8,10H2,1-2H3. The lowest BCUT2D eigenvalue weighted by molar-refractivity contribution is 0.0689. The Kier molecular flexibility index (Phi) is 3.56. The van der Waals surface area contributed by atoms with Gasteiger partial charge in [0.25, 0.3) is 5.91 Å². The zero-order valence-corrected chi connectivity index (χ0v) is 12.0. The Bertz CT molecular complexity index is 634. The van der Waals surface area contributed by atoms with Crippen molar-refractivity contribution in [3.63, 3.8) is 0 Å². The van der Waals surface area contributed by atoms with Crippen molar-refractivity contribution in [3.8, 4) is 11.5 Å². The molecule has 110 valence electrons. The van der Waals surface area contributed by atoms with Gasteiger partial charge in [0.15, 0.2) is 11.5 Å². The maximum atomic E-state index is 12.5. The van der Waals surface area contributed by atoms with Gasteiger partial charge in [-0.3, -0.25) is 4.79 Å². The average molecular weight is 287 g/mol. The Hall–Kier alpha value is -2.43. The van der Waals surface area contributed by atoms with Crippen molar-refractivity contribution in [3.05, 3.63) is 47.9 Å². The highest BCUT2D eigenvalue weighted by atomic mass is 16.7. The molecule has 3 rings (SSSR count). The molecule has 1 aliphatic heterocycles. The maximum absolute atomic E-state index is 12.5. The van der Waals surface area contributed by atoms with Gasteiger partial charge in [0.05, 0.1) is 11.8 Å². The SMILES string of the molecule is CC(C)N(Cc1ccc2c(c1)OCO2)C(=O)c1ccoc1. The van der Waals surface area contributed by atoms with E-state index in [-0.39, 0.29) is 18.7 Å². The number of amides is 1. The third-order valence-electron chi connectivity index (χ3n) is 3.44. The molecule has 0 atom stereocenters. The maximum Gasteiger partial charge on any atom is 0.257 e. The minimum atomic E-state index is -0.0450. The fourth-order valence-corrected chi connectivity index (χ4v) is 2.28. The Morgan fingerprint density at radius 2 is 2.05 bits per heavy atom. The van der Waals surface area contributed by atoms with Crippen LogP contribution in [0.2, 0.25) is 0 Å². The number of benzene rings is 1. The lowest BCUT2D eigenvalue weighted by Crippen LogP contribution is -2.36. The second-order valence-electron chi connectivity index (χ2n) is 5.23. The van der Waals surface area contributed by atoms with E-state index in [1.807, 2.05) is 32.0 Å². The molecule has 2 heterocycles. The molecule has 0 radical (unpaired) electrons.